The van der Waals surface area contributed by atoms with Crippen LogP contribution in [0.5, 0.6) is 0 Å². The number of nitrogens with zero attached hydrogens (tertiary/aromatic N) is 2. The Bertz CT molecular complexity index is 601. The van der Waals surface area contributed by atoms with E-state index in [1.807, 2.05) is 32.9 Å². The standard InChI is InChI=1S/C19H30N4O2/c1-5-14-6-8-15(9-7-14)22-17(20)21-12-13-23(16-10-11-16)18(24)25-19(2,3)4/h6-9,16H,5,10-13H2,1-4H3,(H3,20,21,22). The highest BCUT2D eigenvalue weighted by molar-refractivity contribution is 5.92. The third-order valence-corrected chi connectivity index (χ3v) is 3.87. The number of amides is 1. The first-order valence-electron chi connectivity index (χ1n) is 8.94. The quantitative estimate of drug-likeness (QED) is 0.611. The molecule has 0 radical (unpaired) electrons. The van der Waals surface area contributed by atoms with E-state index >= 15 is 0 Å². The van der Waals surface area contributed by atoms with E-state index in [1.165, 1.54) is 5.56 Å². The van der Waals surface area contributed by atoms with Gasteiger partial charge in [0.2, 0.25) is 0 Å². The second-order valence-corrected chi connectivity index (χ2v) is 7.35. The maximum atomic E-state index is 12.3. The molecule has 6 nitrogen and oxygen atoms in total. The van der Waals surface area contributed by atoms with E-state index in [2.05, 4.69) is 29.4 Å². The SMILES string of the molecule is CCc1ccc(NC(N)=NCCN(C(=O)OC(C)(C)C)C2CC2)cc1. The van der Waals surface area contributed by atoms with Gasteiger partial charge in [-0.1, -0.05) is 19.1 Å². The normalized spacial score (nSPS) is 15.0. The van der Waals surface area contributed by atoms with Crippen molar-refractivity contribution in [3.8, 4) is 0 Å². The molecule has 1 fully saturated rings. The number of nitrogens with two attached hydrogens (primary N) is 1. The minimum absolute atomic E-state index is 0.271. The average molecular weight is 346 g/mol. The van der Waals surface area contributed by atoms with Crippen molar-refractivity contribution in [1.82, 2.24) is 4.90 Å². The molecule has 0 bridgehead atoms. The Kier molecular flexibility index (Phi) is 6.28. The number of benzene rings is 1. The highest BCUT2D eigenvalue weighted by Crippen LogP contribution is 2.28. The summed E-state index contributed by atoms with van der Waals surface area (Å²) in [5.74, 6) is 0.351. The molecule has 0 spiro atoms. The van der Waals surface area contributed by atoms with Crippen molar-refractivity contribution in [3.05, 3.63) is 29.8 Å². The highest BCUT2D eigenvalue weighted by atomic mass is 16.6. The lowest BCUT2D eigenvalue weighted by Crippen LogP contribution is -2.40. The van der Waals surface area contributed by atoms with Crippen molar-refractivity contribution in [2.45, 2.75) is 58.6 Å². The van der Waals surface area contributed by atoms with E-state index in [0.29, 0.717) is 19.0 Å². The molecule has 0 heterocycles. The first kappa shape index (κ1) is 19.1. The van der Waals surface area contributed by atoms with E-state index < -0.39 is 5.60 Å². The number of aliphatic imine (C=N–C) groups is 1. The monoisotopic (exact) mass is 346 g/mol. The zero-order valence-corrected chi connectivity index (χ0v) is 15.7. The Morgan fingerprint density at radius 3 is 2.48 bits per heavy atom. The molecule has 1 saturated carbocycles. The minimum Gasteiger partial charge on any atom is -0.444 e. The number of hydrogen-bond donors (Lipinski definition) is 2. The smallest absolute Gasteiger partial charge is 0.410 e. The fourth-order valence-electron chi connectivity index (χ4n) is 2.42. The topological polar surface area (TPSA) is 80.0 Å². The number of nitrogens with one attached hydrogen (secondary N) is 1. The van der Waals surface area contributed by atoms with Crippen LogP contribution >= 0.6 is 0 Å². The van der Waals surface area contributed by atoms with Gasteiger partial charge in [-0.15, -0.1) is 0 Å². The minimum atomic E-state index is -0.487. The van der Waals surface area contributed by atoms with E-state index in [1.54, 1.807) is 4.90 Å². The fourth-order valence-corrected chi connectivity index (χ4v) is 2.42. The molecule has 1 aliphatic carbocycles. The maximum Gasteiger partial charge on any atom is 0.410 e. The average Bonchev–Trinajstić information content (AvgIpc) is 3.35. The Morgan fingerprint density at radius 2 is 1.96 bits per heavy atom. The van der Waals surface area contributed by atoms with E-state index in [4.69, 9.17) is 10.5 Å². The molecule has 3 N–H and O–H groups in total. The Hall–Kier alpha value is -2.24. The molecule has 138 valence electrons. The molecule has 0 aromatic heterocycles. The molecule has 0 atom stereocenters. The lowest BCUT2D eigenvalue weighted by Gasteiger charge is -2.27. The fraction of sp³-hybridized carbons (Fsp3) is 0.579. The molecule has 1 aromatic rings. The summed E-state index contributed by atoms with van der Waals surface area (Å²) in [6.07, 6.45) is 2.79. The summed E-state index contributed by atoms with van der Waals surface area (Å²) in [7, 11) is 0. The number of hydrogen-bond acceptors (Lipinski definition) is 3. The zero-order valence-electron chi connectivity index (χ0n) is 15.7. The van der Waals surface area contributed by atoms with Crippen LogP contribution in [0.3, 0.4) is 0 Å². The first-order valence-corrected chi connectivity index (χ1v) is 8.94. The van der Waals surface area contributed by atoms with Gasteiger partial charge in [0.25, 0.3) is 0 Å². The van der Waals surface area contributed by atoms with E-state index in [0.717, 1.165) is 24.9 Å². The molecule has 1 amide bonds. The predicted octanol–water partition coefficient (Wildman–Crippen LogP) is 3.38. The van der Waals surface area contributed by atoms with Crippen molar-refractivity contribution in [1.29, 1.82) is 0 Å². The molecule has 0 aliphatic heterocycles. The number of aryl methyl sites for hydroxylation is 1. The summed E-state index contributed by atoms with van der Waals surface area (Å²) in [4.78, 5) is 18.4. The van der Waals surface area contributed by atoms with Gasteiger partial charge in [0.1, 0.15) is 5.60 Å². The summed E-state index contributed by atoms with van der Waals surface area (Å²) < 4.78 is 5.47. The Labute approximate surface area is 150 Å². The lowest BCUT2D eigenvalue weighted by atomic mass is 10.1. The van der Waals surface area contributed by atoms with Gasteiger partial charge < -0.3 is 20.7 Å². The van der Waals surface area contributed by atoms with Gasteiger partial charge in [-0.3, -0.25) is 4.99 Å². The summed E-state index contributed by atoms with van der Waals surface area (Å²) in [6, 6.07) is 8.37. The third kappa shape index (κ3) is 6.64. The highest BCUT2D eigenvalue weighted by Gasteiger charge is 2.34. The maximum absolute atomic E-state index is 12.3. The molecular formula is C19H30N4O2. The van der Waals surface area contributed by atoms with E-state index in [-0.39, 0.29) is 12.1 Å². The second kappa shape index (κ2) is 8.23. The van der Waals surface area contributed by atoms with Crippen molar-refractivity contribution in [2.75, 3.05) is 18.4 Å². The summed E-state index contributed by atoms with van der Waals surface area (Å²) in [6.45, 7) is 8.70. The molecule has 0 unspecified atom stereocenters. The van der Waals surface area contributed by atoms with Crippen LogP contribution in [-0.4, -0.2) is 41.7 Å². The van der Waals surface area contributed by atoms with Crippen LogP contribution in [-0.2, 0) is 11.2 Å². The van der Waals surface area contributed by atoms with Crippen LogP contribution in [0.1, 0.15) is 46.1 Å². The van der Waals surface area contributed by atoms with Crippen molar-refractivity contribution < 1.29 is 9.53 Å². The molecule has 1 aliphatic rings. The number of rotatable bonds is 6. The van der Waals surface area contributed by atoms with Gasteiger partial charge in [0.05, 0.1) is 6.54 Å². The molecule has 2 rings (SSSR count). The van der Waals surface area contributed by atoms with Crippen LogP contribution in [0.25, 0.3) is 0 Å². The van der Waals surface area contributed by atoms with E-state index in [9.17, 15) is 4.79 Å². The number of guanidine groups is 1. The lowest BCUT2D eigenvalue weighted by molar-refractivity contribution is 0.0240. The molecule has 1 aromatic carbocycles. The van der Waals surface area contributed by atoms with Gasteiger partial charge in [0.15, 0.2) is 5.96 Å². The van der Waals surface area contributed by atoms with Crippen LogP contribution in [0, 0.1) is 0 Å². The van der Waals surface area contributed by atoms with Gasteiger partial charge in [-0.25, -0.2) is 4.79 Å². The van der Waals surface area contributed by atoms with Gasteiger partial charge in [-0.05, 0) is 57.7 Å². The number of carbonyl (C=O) groups excluding carboxylic acids is 1. The molecular weight excluding hydrogens is 316 g/mol. The van der Waals surface area contributed by atoms with Crippen molar-refractivity contribution in [3.63, 3.8) is 0 Å². The Morgan fingerprint density at radius 1 is 1.32 bits per heavy atom. The van der Waals surface area contributed by atoms with Gasteiger partial charge >= 0.3 is 6.09 Å². The van der Waals surface area contributed by atoms with Crippen molar-refractivity contribution >= 4 is 17.7 Å². The third-order valence-electron chi connectivity index (χ3n) is 3.87. The second-order valence-electron chi connectivity index (χ2n) is 7.35. The summed E-state index contributed by atoms with van der Waals surface area (Å²) >= 11 is 0. The number of carbonyl (C=O) groups is 1. The predicted molar refractivity (Wildman–Crippen MR) is 102 cm³/mol. The number of anilines is 1. The van der Waals surface area contributed by atoms with Crippen LogP contribution in [0.4, 0.5) is 10.5 Å². The van der Waals surface area contributed by atoms with Crippen LogP contribution in [0.2, 0.25) is 0 Å². The van der Waals surface area contributed by atoms with Gasteiger partial charge in [-0.2, -0.15) is 0 Å². The van der Waals surface area contributed by atoms with Crippen molar-refractivity contribution in [2.24, 2.45) is 10.7 Å². The summed E-state index contributed by atoms with van der Waals surface area (Å²) in [5.41, 5.74) is 7.63. The first-order chi connectivity index (χ1) is 11.8. The largest absolute Gasteiger partial charge is 0.444 e. The zero-order chi connectivity index (χ0) is 18.4. The van der Waals surface area contributed by atoms with Gasteiger partial charge in [0, 0.05) is 18.3 Å². The Balaban J connectivity index is 1.85. The molecule has 0 saturated heterocycles. The molecule has 6 heteroatoms. The molecule has 25 heavy (non-hydrogen) atoms. The van der Waals surface area contributed by atoms with Crippen LogP contribution < -0.4 is 11.1 Å². The van der Waals surface area contributed by atoms with Crippen LogP contribution in [0.15, 0.2) is 29.3 Å². The summed E-state index contributed by atoms with van der Waals surface area (Å²) in [5, 5.41) is 3.07. The number of ether oxygens (including phenoxy) is 1.